The molecule has 0 spiro atoms. The van der Waals surface area contributed by atoms with Gasteiger partial charge in [0.25, 0.3) is 0 Å². The van der Waals surface area contributed by atoms with Gasteiger partial charge in [0.1, 0.15) is 0 Å². The van der Waals surface area contributed by atoms with Crippen molar-refractivity contribution in [1.29, 1.82) is 0 Å². The molecule has 1 aliphatic rings. The van der Waals surface area contributed by atoms with Crippen LogP contribution in [0.15, 0.2) is 30.5 Å². The van der Waals surface area contributed by atoms with E-state index in [-0.39, 0.29) is 12.0 Å². The quantitative estimate of drug-likeness (QED) is 0.891. The number of aromatic nitrogens is 1. The standard InChI is InChI=1S/C18H24N2O2/c1-2-20-11-10-16-14(5-3-7-17(16)20)8-9-18(21)19-13-15-6-4-12-22-15/h3,5,7,10-11,15H,2,4,6,8-9,12-13H2,1H3,(H,19,21). The van der Waals surface area contributed by atoms with Crippen LogP contribution in [0, 0.1) is 0 Å². The van der Waals surface area contributed by atoms with E-state index in [1.54, 1.807) is 0 Å². The Morgan fingerprint density at radius 3 is 3.09 bits per heavy atom. The lowest BCUT2D eigenvalue weighted by Crippen LogP contribution is -2.31. The van der Waals surface area contributed by atoms with Crippen LogP contribution in [0.3, 0.4) is 0 Å². The summed E-state index contributed by atoms with van der Waals surface area (Å²) in [6, 6.07) is 8.49. The fourth-order valence-corrected chi connectivity index (χ4v) is 3.15. The summed E-state index contributed by atoms with van der Waals surface area (Å²) in [5.41, 5.74) is 2.50. The van der Waals surface area contributed by atoms with Gasteiger partial charge in [0.2, 0.25) is 5.91 Å². The third-order valence-corrected chi connectivity index (χ3v) is 4.42. The summed E-state index contributed by atoms with van der Waals surface area (Å²) < 4.78 is 7.75. The Hall–Kier alpha value is -1.81. The summed E-state index contributed by atoms with van der Waals surface area (Å²) in [6.07, 6.45) is 5.81. The van der Waals surface area contributed by atoms with Crippen LogP contribution in [0.2, 0.25) is 0 Å². The summed E-state index contributed by atoms with van der Waals surface area (Å²) in [7, 11) is 0. The third-order valence-electron chi connectivity index (χ3n) is 4.42. The molecule has 1 aromatic carbocycles. The van der Waals surface area contributed by atoms with Gasteiger partial charge in [-0.1, -0.05) is 12.1 Å². The molecule has 4 nitrogen and oxygen atoms in total. The van der Waals surface area contributed by atoms with E-state index in [4.69, 9.17) is 4.74 Å². The zero-order valence-electron chi connectivity index (χ0n) is 13.2. The van der Waals surface area contributed by atoms with Gasteiger partial charge in [-0.05, 0) is 43.9 Å². The summed E-state index contributed by atoms with van der Waals surface area (Å²) in [6.45, 7) is 4.59. The molecular weight excluding hydrogens is 276 g/mol. The number of fused-ring (bicyclic) bond motifs is 1. The molecule has 1 N–H and O–H groups in total. The highest BCUT2D eigenvalue weighted by Gasteiger charge is 2.16. The van der Waals surface area contributed by atoms with Crippen LogP contribution in [-0.2, 0) is 22.5 Å². The molecule has 1 saturated heterocycles. The second-order valence-corrected chi connectivity index (χ2v) is 5.89. The molecular formula is C18H24N2O2. The second-order valence-electron chi connectivity index (χ2n) is 5.89. The Bertz CT molecular complexity index is 642. The number of hydrogen-bond acceptors (Lipinski definition) is 2. The number of ether oxygens (including phenoxy) is 1. The SMILES string of the molecule is CCn1ccc2c(CCC(=O)NCC3CCCO3)cccc21. The molecule has 0 aliphatic carbocycles. The summed E-state index contributed by atoms with van der Waals surface area (Å²) >= 11 is 0. The van der Waals surface area contributed by atoms with Crippen molar-refractivity contribution in [2.75, 3.05) is 13.2 Å². The first-order valence-corrected chi connectivity index (χ1v) is 8.23. The number of carbonyl (C=O) groups excluding carboxylic acids is 1. The molecule has 0 saturated carbocycles. The van der Waals surface area contributed by atoms with E-state index < -0.39 is 0 Å². The first-order valence-electron chi connectivity index (χ1n) is 8.23. The van der Waals surface area contributed by atoms with Gasteiger partial charge < -0.3 is 14.6 Å². The highest BCUT2D eigenvalue weighted by atomic mass is 16.5. The van der Waals surface area contributed by atoms with E-state index in [1.165, 1.54) is 16.5 Å². The van der Waals surface area contributed by atoms with Crippen LogP contribution in [-0.4, -0.2) is 29.7 Å². The van der Waals surface area contributed by atoms with Crippen molar-refractivity contribution in [2.24, 2.45) is 0 Å². The number of amides is 1. The molecule has 1 fully saturated rings. The van der Waals surface area contributed by atoms with Crippen molar-refractivity contribution in [3.63, 3.8) is 0 Å². The molecule has 0 bridgehead atoms. The topological polar surface area (TPSA) is 43.3 Å². The Morgan fingerprint density at radius 2 is 2.32 bits per heavy atom. The van der Waals surface area contributed by atoms with E-state index in [2.05, 4.69) is 47.3 Å². The molecule has 1 unspecified atom stereocenters. The van der Waals surface area contributed by atoms with Crippen LogP contribution >= 0.6 is 0 Å². The molecule has 1 amide bonds. The van der Waals surface area contributed by atoms with E-state index >= 15 is 0 Å². The minimum Gasteiger partial charge on any atom is -0.376 e. The Kier molecular flexibility index (Phi) is 4.78. The van der Waals surface area contributed by atoms with Gasteiger partial charge in [-0.15, -0.1) is 0 Å². The average molecular weight is 300 g/mol. The fraction of sp³-hybridized carbons (Fsp3) is 0.500. The highest BCUT2D eigenvalue weighted by Crippen LogP contribution is 2.21. The monoisotopic (exact) mass is 300 g/mol. The Morgan fingerprint density at radius 1 is 1.41 bits per heavy atom. The van der Waals surface area contributed by atoms with Crippen molar-refractivity contribution in [1.82, 2.24) is 9.88 Å². The van der Waals surface area contributed by atoms with Crippen LogP contribution in [0.5, 0.6) is 0 Å². The van der Waals surface area contributed by atoms with E-state index in [0.29, 0.717) is 13.0 Å². The summed E-state index contributed by atoms with van der Waals surface area (Å²) in [4.78, 5) is 12.0. The minimum absolute atomic E-state index is 0.113. The molecule has 1 aromatic heterocycles. The van der Waals surface area contributed by atoms with Gasteiger partial charge >= 0.3 is 0 Å². The van der Waals surface area contributed by atoms with Crippen molar-refractivity contribution >= 4 is 16.8 Å². The zero-order valence-corrected chi connectivity index (χ0v) is 13.2. The van der Waals surface area contributed by atoms with Gasteiger partial charge in [-0.3, -0.25) is 4.79 Å². The molecule has 118 valence electrons. The maximum Gasteiger partial charge on any atom is 0.220 e. The van der Waals surface area contributed by atoms with Crippen molar-refractivity contribution in [2.45, 2.75) is 45.3 Å². The number of rotatable bonds is 6. The molecule has 2 aromatic rings. The molecule has 4 heteroatoms. The zero-order chi connectivity index (χ0) is 15.4. The molecule has 2 heterocycles. The largest absolute Gasteiger partial charge is 0.376 e. The predicted octanol–water partition coefficient (Wildman–Crippen LogP) is 2.89. The lowest BCUT2D eigenvalue weighted by molar-refractivity contribution is -0.121. The lowest BCUT2D eigenvalue weighted by Gasteiger charge is -2.11. The van der Waals surface area contributed by atoms with Gasteiger partial charge in [-0.25, -0.2) is 0 Å². The summed E-state index contributed by atoms with van der Waals surface area (Å²) in [5, 5.41) is 4.25. The number of benzene rings is 1. The Labute approximate surface area is 131 Å². The van der Waals surface area contributed by atoms with Crippen LogP contribution < -0.4 is 5.32 Å². The van der Waals surface area contributed by atoms with Crippen LogP contribution in [0.1, 0.15) is 31.7 Å². The predicted molar refractivity (Wildman–Crippen MR) is 87.9 cm³/mol. The number of nitrogens with one attached hydrogen (secondary N) is 1. The smallest absolute Gasteiger partial charge is 0.220 e. The number of nitrogens with zero attached hydrogens (tertiary/aromatic N) is 1. The lowest BCUT2D eigenvalue weighted by atomic mass is 10.0. The van der Waals surface area contributed by atoms with Gasteiger partial charge in [0, 0.05) is 43.2 Å². The van der Waals surface area contributed by atoms with Crippen LogP contribution in [0.4, 0.5) is 0 Å². The first-order chi connectivity index (χ1) is 10.8. The highest BCUT2D eigenvalue weighted by molar-refractivity contribution is 5.84. The summed E-state index contributed by atoms with van der Waals surface area (Å²) in [5.74, 6) is 0.113. The van der Waals surface area contributed by atoms with Gasteiger partial charge in [-0.2, -0.15) is 0 Å². The van der Waals surface area contributed by atoms with Crippen molar-refractivity contribution in [3.05, 3.63) is 36.0 Å². The van der Waals surface area contributed by atoms with E-state index in [9.17, 15) is 4.79 Å². The van der Waals surface area contributed by atoms with E-state index in [0.717, 1.165) is 32.4 Å². The first kappa shape index (κ1) is 15.1. The van der Waals surface area contributed by atoms with Gasteiger partial charge in [0.05, 0.1) is 6.10 Å². The van der Waals surface area contributed by atoms with Gasteiger partial charge in [0.15, 0.2) is 0 Å². The fourth-order valence-electron chi connectivity index (χ4n) is 3.15. The number of aryl methyl sites for hydroxylation is 2. The molecule has 1 atom stereocenters. The normalized spacial score (nSPS) is 18.0. The van der Waals surface area contributed by atoms with Crippen molar-refractivity contribution in [3.8, 4) is 0 Å². The van der Waals surface area contributed by atoms with Crippen molar-refractivity contribution < 1.29 is 9.53 Å². The maximum atomic E-state index is 12.0. The maximum absolute atomic E-state index is 12.0. The minimum atomic E-state index is 0.113. The average Bonchev–Trinajstić information content (AvgIpc) is 3.19. The molecule has 22 heavy (non-hydrogen) atoms. The number of hydrogen-bond donors (Lipinski definition) is 1. The molecule has 3 rings (SSSR count). The molecule has 0 radical (unpaired) electrons. The Balaban J connectivity index is 1.56. The number of carbonyl (C=O) groups is 1. The van der Waals surface area contributed by atoms with E-state index in [1.807, 2.05) is 0 Å². The molecule has 1 aliphatic heterocycles. The van der Waals surface area contributed by atoms with Crippen LogP contribution in [0.25, 0.3) is 10.9 Å². The third kappa shape index (κ3) is 3.33. The second kappa shape index (κ2) is 6.97.